The first-order valence-corrected chi connectivity index (χ1v) is 18.0. The number of aliphatic hydroxyl groups is 1. The summed E-state index contributed by atoms with van der Waals surface area (Å²) >= 11 is 17.3. The van der Waals surface area contributed by atoms with Crippen molar-refractivity contribution in [1.82, 2.24) is 29.7 Å². The molecule has 0 bridgehead atoms. The number of rotatable bonds is 8. The Balaban J connectivity index is 0.000000186. The van der Waals surface area contributed by atoms with Gasteiger partial charge in [-0.15, -0.1) is 0 Å². The van der Waals surface area contributed by atoms with Gasteiger partial charge in [-0.05, 0) is 72.3 Å². The first kappa shape index (κ1) is 44.2. The number of hydrogen-bond acceptors (Lipinski definition) is 10. The Morgan fingerprint density at radius 3 is 1.40 bits per heavy atom. The largest absolute Gasteiger partial charge is 0.477 e. The fourth-order valence-corrected chi connectivity index (χ4v) is 6.72. The lowest BCUT2D eigenvalue weighted by atomic mass is 10.1. The summed E-state index contributed by atoms with van der Waals surface area (Å²) in [4.78, 5) is 66.8. The summed E-state index contributed by atoms with van der Waals surface area (Å²) in [5.41, 5.74) is 2.04. The van der Waals surface area contributed by atoms with Gasteiger partial charge >= 0.3 is 12.4 Å². The van der Waals surface area contributed by atoms with Crippen LogP contribution in [0.4, 0.5) is 26.3 Å². The molecular weight excluding hydrogens is 845 g/mol. The number of carbonyl (C=O) groups is 4. The average molecular weight is 876 g/mol. The molecule has 4 amide bonds. The van der Waals surface area contributed by atoms with Gasteiger partial charge in [-0.2, -0.15) is 31.3 Å². The van der Waals surface area contributed by atoms with E-state index >= 15 is 0 Å². The highest BCUT2D eigenvalue weighted by atomic mass is 35.5. The third kappa shape index (κ3) is 10.2. The highest BCUT2D eigenvalue weighted by molar-refractivity contribution is 6.31. The van der Waals surface area contributed by atoms with Crippen molar-refractivity contribution < 1.29 is 55.4 Å². The average Bonchev–Trinajstić information content (AvgIpc) is 4.07. The number of hydrogen-bond donors (Lipinski definition) is 1. The number of ether oxygens (including phenoxy) is 1. The molecule has 4 heterocycles. The summed E-state index contributed by atoms with van der Waals surface area (Å²) in [5.74, 6) is -5.32. The van der Waals surface area contributed by atoms with Crippen LogP contribution in [-0.2, 0) is 13.1 Å². The van der Waals surface area contributed by atoms with Gasteiger partial charge in [0.2, 0.25) is 16.4 Å². The Morgan fingerprint density at radius 1 is 0.638 bits per heavy atom. The molecule has 2 aliphatic carbocycles. The van der Waals surface area contributed by atoms with Crippen molar-refractivity contribution in [1.29, 1.82) is 0 Å². The Labute approximate surface area is 341 Å². The summed E-state index contributed by atoms with van der Waals surface area (Å²) < 4.78 is 77.8. The Bertz CT molecular complexity index is 2140. The fourth-order valence-electron chi connectivity index (χ4n) is 6.08. The first-order valence-electron chi connectivity index (χ1n) is 16.9. The van der Waals surface area contributed by atoms with Crippen molar-refractivity contribution >= 4 is 58.4 Å². The van der Waals surface area contributed by atoms with Crippen LogP contribution in [0.25, 0.3) is 0 Å². The van der Waals surface area contributed by atoms with E-state index in [4.69, 9.17) is 44.6 Å². The number of aliphatic hydroxyl groups excluding tert-OH is 1. The van der Waals surface area contributed by atoms with Crippen LogP contribution in [0.3, 0.4) is 0 Å². The number of benzene rings is 2. The topological polar surface area (TPSA) is 156 Å². The number of amides is 4. The number of halogens is 9. The highest BCUT2D eigenvalue weighted by Crippen LogP contribution is 2.50. The van der Waals surface area contributed by atoms with E-state index in [9.17, 15) is 45.5 Å². The maximum atomic E-state index is 12.6. The fraction of sp³-hybridized carbons (Fsp3) is 0.351. The maximum Gasteiger partial charge on any atom is 0.392 e. The SMILES string of the molecule is C.O=C1c2ccccc2C(=O)N1Cc1cc(Cl)nc(Cl)n1.O=C1c2ccccc2C(=O)N1Cc1cc(OCC2CC2C(F)(F)F)nc(Cl)n1.OCC1CC1C(F)(F)F. The molecule has 58 heavy (non-hydrogen) atoms. The molecule has 2 saturated carbocycles. The van der Waals surface area contributed by atoms with E-state index in [-0.39, 0.29) is 85.7 Å². The van der Waals surface area contributed by atoms with Crippen molar-refractivity contribution in [3.63, 3.8) is 0 Å². The second-order valence-corrected chi connectivity index (χ2v) is 14.2. The monoisotopic (exact) mass is 874 g/mol. The molecule has 2 fully saturated rings. The number of imide groups is 2. The molecule has 2 aliphatic heterocycles. The van der Waals surface area contributed by atoms with Crippen LogP contribution in [0, 0.1) is 23.7 Å². The van der Waals surface area contributed by atoms with Gasteiger partial charge in [0.25, 0.3) is 23.6 Å². The number of carbonyl (C=O) groups excluding carboxylic acids is 4. The Morgan fingerprint density at radius 2 is 1.03 bits per heavy atom. The molecule has 0 radical (unpaired) electrons. The van der Waals surface area contributed by atoms with Crippen molar-refractivity contribution in [3.05, 3.63) is 110 Å². The molecular formula is C37H31Cl3F6N6O6. The van der Waals surface area contributed by atoms with Crippen LogP contribution in [0.5, 0.6) is 5.88 Å². The van der Waals surface area contributed by atoms with Crippen LogP contribution in [0.1, 0.15) is 73.1 Å². The lowest BCUT2D eigenvalue weighted by Crippen LogP contribution is -2.29. The van der Waals surface area contributed by atoms with Gasteiger partial charge in [-0.25, -0.2) is 15.0 Å². The summed E-state index contributed by atoms with van der Waals surface area (Å²) in [5, 5.41) is 8.19. The lowest BCUT2D eigenvalue weighted by molar-refractivity contribution is -0.152. The molecule has 12 nitrogen and oxygen atoms in total. The van der Waals surface area contributed by atoms with Crippen molar-refractivity contribution in [2.45, 2.75) is 45.7 Å². The minimum atomic E-state index is -4.23. The van der Waals surface area contributed by atoms with Gasteiger partial charge in [0.1, 0.15) is 5.15 Å². The van der Waals surface area contributed by atoms with E-state index in [0.717, 1.165) is 9.80 Å². The van der Waals surface area contributed by atoms with Crippen molar-refractivity contribution in [2.24, 2.45) is 23.7 Å². The van der Waals surface area contributed by atoms with Crippen molar-refractivity contribution in [2.75, 3.05) is 13.2 Å². The molecule has 21 heteroatoms. The predicted molar refractivity (Wildman–Crippen MR) is 195 cm³/mol. The number of fused-ring (bicyclic) bond motifs is 2. The molecule has 308 valence electrons. The van der Waals surface area contributed by atoms with Crippen LogP contribution in [0.15, 0.2) is 60.7 Å². The highest BCUT2D eigenvalue weighted by Gasteiger charge is 2.56. The van der Waals surface area contributed by atoms with Gasteiger partial charge in [0.15, 0.2) is 0 Å². The zero-order valence-electron chi connectivity index (χ0n) is 28.9. The summed E-state index contributed by atoms with van der Waals surface area (Å²) in [6, 6.07) is 15.9. The second-order valence-electron chi connectivity index (χ2n) is 13.2. The molecule has 4 aromatic rings. The van der Waals surface area contributed by atoms with Gasteiger partial charge in [0, 0.05) is 18.6 Å². The first-order chi connectivity index (χ1) is 26.8. The van der Waals surface area contributed by atoms with E-state index in [1.54, 1.807) is 48.5 Å². The summed E-state index contributed by atoms with van der Waals surface area (Å²) in [7, 11) is 0. The summed E-state index contributed by atoms with van der Waals surface area (Å²) in [6.07, 6.45) is -8.18. The molecule has 4 aliphatic rings. The third-order valence-corrected chi connectivity index (χ3v) is 9.74. The molecule has 0 spiro atoms. The van der Waals surface area contributed by atoms with Crippen LogP contribution in [-0.4, -0.2) is 84.0 Å². The Hall–Kier alpha value is -4.91. The Kier molecular flexibility index (Phi) is 13.4. The molecule has 4 atom stereocenters. The van der Waals surface area contributed by atoms with E-state index in [2.05, 4.69) is 19.9 Å². The smallest absolute Gasteiger partial charge is 0.392 e. The number of alkyl halides is 6. The van der Waals surface area contributed by atoms with Crippen molar-refractivity contribution in [3.8, 4) is 5.88 Å². The maximum absolute atomic E-state index is 12.6. The van der Waals surface area contributed by atoms with Gasteiger partial charge in [-0.3, -0.25) is 29.0 Å². The molecule has 4 unspecified atom stereocenters. The zero-order valence-corrected chi connectivity index (χ0v) is 31.2. The van der Waals surface area contributed by atoms with Gasteiger partial charge in [0.05, 0.1) is 65.2 Å². The van der Waals surface area contributed by atoms with Crippen LogP contribution in [0.2, 0.25) is 15.7 Å². The quantitative estimate of drug-likeness (QED) is 0.0800. The van der Waals surface area contributed by atoms with E-state index in [1.807, 2.05) is 0 Å². The molecule has 2 aromatic carbocycles. The number of nitrogens with zero attached hydrogens (tertiary/aromatic N) is 6. The molecule has 1 N–H and O–H groups in total. The van der Waals surface area contributed by atoms with E-state index in [1.165, 1.54) is 12.1 Å². The summed E-state index contributed by atoms with van der Waals surface area (Å²) in [6.45, 7) is -0.623. The minimum Gasteiger partial charge on any atom is -0.477 e. The second kappa shape index (κ2) is 17.5. The van der Waals surface area contributed by atoms with Crippen LogP contribution >= 0.6 is 34.8 Å². The zero-order chi connectivity index (χ0) is 41.4. The van der Waals surface area contributed by atoms with E-state index in [0.29, 0.717) is 27.9 Å². The third-order valence-electron chi connectivity index (χ3n) is 9.21. The molecule has 8 rings (SSSR count). The normalized spacial score (nSPS) is 20.3. The standard InChI is InChI=1S/C18H13ClF3N3O3.C13H7Cl2N3O2.C5H7F3O.CH4/c19-17-23-10(6-14(24-17)28-8-9-5-13(9)18(20,21)22)7-25-15(26)11-3-1-2-4-12(11)16(25)27;14-10-5-7(16-13(15)17-10)6-18-11(19)8-3-1-2-4-9(8)12(18)20;6-5(7,8)4-1-3(4)2-9;/h1-4,6,9,13H,5,7-8H2;1-5H,6H2;3-4,9H,1-2H2;1H4. The van der Waals surface area contributed by atoms with Gasteiger partial charge in [-0.1, -0.05) is 43.3 Å². The number of aromatic nitrogens is 4. The van der Waals surface area contributed by atoms with E-state index < -0.39 is 47.8 Å². The minimum absolute atomic E-state index is 0. The lowest BCUT2D eigenvalue weighted by Gasteiger charge is -2.14. The predicted octanol–water partition coefficient (Wildman–Crippen LogP) is 7.90. The molecule has 2 aromatic heterocycles. The van der Waals surface area contributed by atoms with Gasteiger partial charge < -0.3 is 9.84 Å². The molecule has 0 saturated heterocycles. The van der Waals surface area contributed by atoms with Crippen LogP contribution < -0.4 is 4.74 Å².